The lowest BCUT2D eigenvalue weighted by Crippen LogP contribution is -2.45. The first-order valence-corrected chi connectivity index (χ1v) is 6.59. The van der Waals surface area contributed by atoms with Gasteiger partial charge in [-0.1, -0.05) is 15.9 Å². The summed E-state index contributed by atoms with van der Waals surface area (Å²) in [5.74, 6) is 0. The molecule has 1 atom stereocenters. The zero-order valence-electron chi connectivity index (χ0n) is 10.9. The third kappa shape index (κ3) is 3.91. The first kappa shape index (κ1) is 15.9. The lowest BCUT2D eigenvalue weighted by molar-refractivity contribution is 0.150. The summed E-state index contributed by atoms with van der Waals surface area (Å²) in [6, 6.07) is 3.04. The summed E-state index contributed by atoms with van der Waals surface area (Å²) in [6.07, 6.45) is 0. The second-order valence-electron chi connectivity index (χ2n) is 4.97. The van der Waals surface area contributed by atoms with E-state index >= 15 is 0 Å². The molecule has 0 bridgehead atoms. The molecular weight excluding hydrogens is 310 g/mol. The number of aliphatic hydroxyl groups excluding tert-OH is 2. The summed E-state index contributed by atoms with van der Waals surface area (Å²) in [5, 5.41) is 21.9. The molecule has 0 aliphatic carbocycles. The van der Waals surface area contributed by atoms with Crippen molar-refractivity contribution in [3.63, 3.8) is 0 Å². The van der Waals surface area contributed by atoms with Crippen LogP contribution in [-0.2, 0) is 0 Å². The Balaban J connectivity index is 3.13. The number of halogens is 1. The Labute approximate surface area is 121 Å². The molecule has 0 aromatic heterocycles. The van der Waals surface area contributed by atoms with Gasteiger partial charge in [0.15, 0.2) is 0 Å². The number of nitrogens with two attached hydrogens (primary N) is 1. The quantitative estimate of drug-likeness (QED) is 0.492. The highest BCUT2D eigenvalue weighted by molar-refractivity contribution is 9.10. The maximum Gasteiger partial charge on any atom is 0.210 e. The van der Waals surface area contributed by atoms with Crippen LogP contribution in [0.2, 0.25) is 0 Å². The lowest BCUT2D eigenvalue weighted by atomic mass is 10.0. The average molecular weight is 328 g/mol. The van der Waals surface area contributed by atoms with Crippen molar-refractivity contribution in [2.75, 3.05) is 18.9 Å². The van der Waals surface area contributed by atoms with Crippen molar-refractivity contribution >= 4 is 27.3 Å². The third-order valence-electron chi connectivity index (χ3n) is 2.80. The van der Waals surface area contributed by atoms with E-state index in [1.807, 2.05) is 13.8 Å². The highest BCUT2D eigenvalue weighted by atomic mass is 79.9. The minimum Gasteiger partial charge on any atom is -0.406 e. The van der Waals surface area contributed by atoms with Crippen LogP contribution in [0.25, 0.3) is 4.85 Å². The Morgan fingerprint density at radius 3 is 2.58 bits per heavy atom. The molecule has 19 heavy (non-hydrogen) atoms. The summed E-state index contributed by atoms with van der Waals surface area (Å²) in [6.45, 7) is 10.6. The molecule has 0 aliphatic heterocycles. The van der Waals surface area contributed by atoms with Gasteiger partial charge in [-0.15, -0.1) is 0 Å². The maximum atomic E-state index is 9.49. The molecule has 5 nitrogen and oxygen atoms in total. The number of nitrogens with one attached hydrogen (secondary N) is 1. The van der Waals surface area contributed by atoms with Gasteiger partial charge in [0.1, 0.15) is 0 Å². The fourth-order valence-corrected chi connectivity index (χ4v) is 2.14. The van der Waals surface area contributed by atoms with Crippen LogP contribution in [0.5, 0.6) is 0 Å². The number of rotatable bonds is 5. The van der Waals surface area contributed by atoms with Crippen molar-refractivity contribution in [1.29, 1.82) is 0 Å². The average Bonchev–Trinajstić information content (AvgIpc) is 2.39. The standard InChI is InChI=1S/C13H18BrN3O2/c1-13(2,7-19)17-11(6-18)8-4-9(14)12(15)10(5-8)16-3/h4-5,11,17-19H,6-7,15H2,1-2H3. The van der Waals surface area contributed by atoms with Gasteiger partial charge in [-0.3, -0.25) is 0 Å². The van der Waals surface area contributed by atoms with E-state index in [9.17, 15) is 10.2 Å². The van der Waals surface area contributed by atoms with Gasteiger partial charge in [0.05, 0.1) is 31.5 Å². The third-order valence-corrected chi connectivity index (χ3v) is 3.45. The van der Waals surface area contributed by atoms with Gasteiger partial charge in [-0.25, -0.2) is 4.85 Å². The van der Waals surface area contributed by atoms with E-state index in [4.69, 9.17) is 12.3 Å². The van der Waals surface area contributed by atoms with Crippen molar-refractivity contribution in [3.8, 4) is 0 Å². The Morgan fingerprint density at radius 1 is 1.47 bits per heavy atom. The molecule has 0 heterocycles. The summed E-state index contributed by atoms with van der Waals surface area (Å²) in [5.41, 5.74) is 6.72. The van der Waals surface area contributed by atoms with Crippen LogP contribution in [0.3, 0.4) is 0 Å². The maximum absolute atomic E-state index is 9.49. The van der Waals surface area contributed by atoms with Crippen LogP contribution < -0.4 is 11.1 Å². The Hall–Kier alpha value is -1.13. The molecule has 0 saturated carbocycles. The monoisotopic (exact) mass is 327 g/mol. The molecule has 5 N–H and O–H groups in total. The fraction of sp³-hybridized carbons (Fsp3) is 0.462. The van der Waals surface area contributed by atoms with Crippen LogP contribution >= 0.6 is 15.9 Å². The first-order chi connectivity index (χ1) is 8.84. The van der Waals surface area contributed by atoms with E-state index in [0.717, 1.165) is 5.56 Å². The molecule has 104 valence electrons. The van der Waals surface area contributed by atoms with Gasteiger partial charge < -0.3 is 21.3 Å². The van der Waals surface area contributed by atoms with Gasteiger partial charge in [0.25, 0.3) is 0 Å². The van der Waals surface area contributed by atoms with E-state index < -0.39 is 5.54 Å². The molecule has 1 aromatic rings. The molecule has 0 amide bonds. The molecular formula is C13H18BrN3O2. The Bertz CT molecular complexity index is 497. The zero-order valence-corrected chi connectivity index (χ0v) is 12.5. The van der Waals surface area contributed by atoms with Crippen LogP contribution in [0.1, 0.15) is 25.5 Å². The van der Waals surface area contributed by atoms with Gasteiger partial charge in [-0.2, -0.15) is 0 Å². The van der Waals surface area contributed by atoms with Gasteiger partial charge in [0.2, 0.25) is 5.69 Å². The van der Waals surface area contributed by atoms with Gasteiger partial charge >= 0.3 is 0 Å². The Morgan fingerprint density at radius 2 is 2.11 bits per heavy atom. The van der Waals surface area contributed by atoms with Gasteiger partial charge in [0, 0.05) is 10.0 Å². The summed E-state index contributed by atoms with van der Waals surface area (Å²) < 4.78 is 0.623. The molecule has 1 unspecified atom stereocenters. The summed E-state index contributed by atoms with van der Waals surface area (Å²) in [7, 11) is 0. The van der Waals surface area contributed by atoms with E-state index in [1.54, 1.807) is 12.1 Å². The van der Waals surface area contributed by atoms with Gasteiger partial charge in [-0.05, 0) is 31.5 Å². The molecule has 0 fully saturated rings. The number of benzene rings is 1. The topological polar surface area (TPSA) is 82.9 Å². The second kappa shape index (κ2) is 6.35. The van der Waals surface area contributed by atoms with Crippen molar-refractivity contribution in [1.82, 2.24) is 5.32 Å². The van der Waals surface area contributed by atoms with Crippen LogP contribution in [0.4, 0.5) is 11.4 Å². The molecule has 0 radical (unpaired) electrons. The number of anilines is 1. The molecule has 0 spiro atoms. The van der Waals surface area contributed by atoms with Crippen molar-refractivity contribution in [2.24, 2.45) is 0 Å². The number of aliphatic hydroxyl groups is 2. The predicted molar refractivity (Wildman–Crippen MR) is 78.9 cm³/mol. The van der Waals surface area contributed by atoms with E-state index in [-0.39, 0.29) is 19.3 Å². The Kier molecular flexibility index (Phi) is 5.32. The minimum absolute atomic E-state index is 0.0602. The normalized spacial score (nSPS) is 13.1. The van der Waals surface area contributed by atoms with E-state index in [2.05, 4.69) is 26.1 Å². The summed E-state index contributed by atoms with van der Waals surface area (Å²) >= 11 is 3.30. The largest absolute Gasteiger partial charge is 0.406 e. The van der Waals surface area contributed by atoms with E-state index in [0.29, 0.717) is 15.8 Å². The summed E-state index contributed by atoms with van der Waals surface area (Å²) in [4.78, 5) is 3.36. The molecule has 1 aromatic carbocycles. The van der Waals surface area contributed by atoms with Crippen molar-refractivity contribution in [3.05, 3.63) is 33.6 Å². The fourth-order valence-electron chi connectivity index (χ4n) is 1.67. The zero-order chi connectivity index (χ0) is 14.6. The SMILES string of the molecule is [C-]#[N+]c1cc(C(CO)NC(C)(C)CO)cc(Br)c1N. The van der Waals surface area contributed by atoms with E-state index in [1.165, 1.54) is 0 Å². The predicted octanol–water partition coefficient (Wildman–Crippen LogP) is 1.98. The number of nitrogens with zero attached hydrogens (tertiary/aromatic N) is 1. The first-order valence-electron chi connectivity index (χ1n) is 5.80. The van der Waals surface area contributed by atoms with Crippen LogP contribution in [0, 0.1) is 6.57 Å². The smallest absolute Gasteiger partial charge is 0.210 e. The molecule has 1 rings (SSSR count). The highest BCUT2D eigenvalue weighted by Crippen LogP contribution is 2.34. The van der Waals surface area contributed by atoms with Crippen molar-refractivity contribution in [2.45, 2.75) is 25.4 Å². The lowest BCUT2D eigenvalue weighted by Gasteiger charge is -2.30. The molecule has 0 aliphatic rings. The van der Waals surface area contributed by atoms with Crippen LogP contribution in [0.15, 0.2) is 16.6 Å². The van der Waals surface area contributed by atoms with Crippen molar-refractivity contribution < 1.29 is 10.2 Å². The minimum atomic E-state index is -0.528. The second-order valence-corrected chi connectivity index (χ2v) is 5.82. The number of hydrogen-bond donors (Lipinski definition) is 4. The number of nitrogen functional groups attached to an aromatic ring is 1. The molecule has 0 saturated heterocycles. The van der Waals surface area contributed by atoms with Crippen LogP contribution in [-0.4, -0.2) is 29.0 Å². The highest BCUT2D eigenvalue weighted by Gasteiger charge is 2.23. The number of hydrogen-bond acceptors (Lipinski definition) is 4. The molecule has 6 heteroatoms.